The molecule has 0 aromatic heterocycles. The van der Waals surface area contributed by atoms with Gasteiger partial charge in [0, 0.05) is 18.3 Å². The van der Waals surface area contributed by atoms with Gasteiger partial charge < -0.3 is 5.32 Å². The Balaban J connectivity index is 0.000000695. The first kappa shape index (κ1) is 29.6. The van der Waals surface area contributed by atoms with Gasteiger partial charge in [0.2, 0.25) is 5.91 Å². The zero-order chi connectivity index (χ0) is 21.1. The van der Waals surface area contributed by atoms with Gasteiger partial charge >= 0.3 is 0 Å². The molecule has 6 heteroatoms. The molecule has 0 heterocycles. The van der Waals surface area contributed by atoms with Crippen molar-refractivity contribution in [2.24, 2.45) is 0 Å². The fourth-order valence-corrected chi connectivity index (χ4v) is 2.93. The zero-order valence-corrected chi connectivity index (χ0v) is 22.7. The van der Waals surface area contributed by atoms with Crippen LogP contribution in [-0.4, -0.2) is 5.91 Å². The summed E-state index contributed by atoms with van der Waals surface area (Å²) in [5.74, 6) is 1.14. The smallest absolute Gasteiger partial charge is 0.224 e. The van der Waals surface area contributed by atoms with Gasteiger partial charge in [-0.15, -0.1) is 23.2 Å². The molecule has 3 rings (SSSR count). The van der Waals surface area contributed by atoms with Crippen molar-refractivity contribution in [2.45, 2.75) is 38.6 Å². The molecule has 0 radical (unpaired) electrons. The number of aryl methyl sites for hydroxylation is 2. The van der Waals surface area contributed by atoms with E-state index in [4.69, 9.17) is 23.2 Å². The van der Waals surface area contributed by atoms with E-state index in [9.17, 15) is 4.79 Å². The molecule has 0 aliphatic rings. The van der Waals surface area contributed by atoms with E-state index in [1.165, 1.54) is 16.7 Å². The van der Waals surface area contributed by atoms with Gasteiger partial charge in [0.1, 0.15) is 0 Å². The van der Waals surface area contributed by atoms with Crippen LogP contribution in [0.2, 0.25) is 0 Å². The first-order chi connectivity index (χ1) is 14.0. The molecule has 0 fully saturated rings. The van der Waals surface area contributed by atoms with Gasteiger partial charge in [-0.3, -0.25) is 4.79 Å². The molecule has 0 aliphatic carbocycles. The predicted octanol–water partition coefficient (Wildman–Crippen LogP) is 6.44. The van der Waals surface area contributed by atoms with Crippen LogP contribution in [0.3, 0.4) is 0 Å². The quantitative estimate of drug-likeness (QED) is 0.309. The molecule has 0 saturated carbocycles. The van der Waals surface area contributed by atoms with Crippen molar-refractivity contribution in [3.05, 3.63) is 106 Å². The standard InChI is InChI=1S/C17H18ClNO.C8H9Cl.2H3P/c1-13-2-4-16(5-3-13)12-19-17(20)10-14-6-8-15(11-18)9-7-14;1-7-2-4-8(6-9)5-3-7;;/h2-9H,10-12H2,1H3,(H,19,20);2-5H,6H2,1H3;2*1H3. The van der Waals surface area contributed by atoms with Gasteiger partial charge in [-0.2, -0.15) is 19.8 Å². The lowest BCUT2D eigenvalue weighted by molar-refractivity contribution is -0.120. The topological polar surface area (TPSA) is 29.1 Å². The number of hydrogen-bond acceptors (Lipinski definition) is 1. The second-order valence-corrected chi connectivity index (χ2v) is 7.54. The molecular formula is C25H33Cl2NOP2. The maximum atomic E-state index is 11.9. The summed E-state index contributed by atoms with van der Waals surface area (Å²) < 4.78 is 0. The van der Waals surface area contributed by atoms with Gasteiger partial charge in [-0.25, -0.2) is 0 Å². The van der Waals surface area contributed by atoms with Crippen LogP contribution in [0, 0.1) is 13.8 Å². The Morgan fingerprint density at radius 3 is 1.42 bits per heavy atom. The molecule has 1 N–H and O–H groups in total. The van der Waals surface area contributed by atoms with Crippen LogP contribution >= 0.6 is 43.0 Å². The van der Waals surface area contributed by atoms with Gasteiger partial charge in [0.15, 0.2) is 0 Å². The molecule has 0 aliphatic heterocycles. The van der Waals surface area contributed by atoms with Crippen molar-refractivity contribution in [3.63, 3.8) is 0 Å². The third-order valence-electron chi connectivity index (χ3n) is 4.43. The van der Waals surface area contributed by atoms with Crippen LogP contribution in [0.15, 0.2) is 72.8 Å². The summed E-state index contributed by atoms with van der Waals surface area (Å²) in [5, 5.41) is 2.93. The van der Waals surface area contributed by atoms with Crippen molar-refractivity contribution in [2.75, 3.05) is 0 Å². The van der Waals surface area contributed by atoms with Crippen LogP contribution < -0.4 is 5.32 Å². The van der Waals surface area contributed by atoms with Crippen molar-refractivity contribution in [1.29, 1.82) is 0 Å². The van der Waals surface area contributed by atoms with Crippen molar-refractivity contribution >= 4 is 48.9 Å². The number of nitrogens with one attached hydrogen (secondary N) is 1. The SMILES string of the molecule is Cc1ccc(CCl)cc1.Cc1ccc(CNC(=O)Cc2ccc(CCl)cc2)cc1.P.P. The van der Waals surface area contributed by atoms with Gasteiger partial charge in [0.05, 0.1) is 6.42 Å². The minimum Gasteiger partial charge on any atom is -0.352 e. The van der Waals surface area contributed by atoms with E-state index in [-0.39, 0.29) is 25.7 Å². The average molecular weight is 496 g/mol. The monoisotopic (exact) mass is 495 g/mol. The van der Waals surface area contributed by atoms with Crippen molar-refractivity contribution in [3.8, 4) is 0 Å². The maximum absolute atomic E-state index is 11.9. The lowest BCUT2D eigenvalue weighted by Crippen LogP contribution is -2.24. The lowest BCUT2D eigenvalue weighted by atomic mass is 10.1. The Labute approximate surface area is 203 Å². The summed E-state index contributed by atoms with van der Waals surface area (Å²) >= 11 is 11.3. The highest BCUT2D eigenvalue weighted by Crippen LogP contribution is 2.08. The second kappa shape index (κ2) is 16.2. The number of alkyl halides is 2. The fraction of sp³-hybridized carbons (Fsp3) is 0.240. The van der Waals surface area contributed by atoms with E-state index < -0.39 is 0 Å². The summed E-state index contributed by atoms with van der Waals surface area (Å²) in [6.45, 7) is 4.68. The summed E-state index contributed by atoms with van der Waals surface area (Å²) in [7, 11) is 0. The predicted molar refractivity (Wildman–Crippen MR) is 146 cm³/mol. The zero-order valence-electron chi connectivity index (χ0n) is 18.3. The maximum Gasteiger partial charge on any atom is 0.224 e. The van der Waals surface area contributed by atoms with E-state index in [1.54, 1.807) is 0 Å². The Hall–Kier alpha value is -1.43. The van der Waals surface area contributed by atoms with E-state index in [1.807, 2.05) is 67.6 Å². The van der Waals surface area contributed by atoms with Crippen molar-refractivity contribution < 1.29 is 4.79 Å². The molecule has 2 atom stereocenters. The highest BCUT2D eigenvalue weighted by Gasteiger charge is 2.03. The molecule has 3 aromatic rings. The third kappa shape index (κ3) is 11.7. The van der Waals surface area contributed by atoms with Crippen LogP contribution in [0.1, 0.15) is 33.4 Å². The van der Waals surface area contributed by atoms with Crippen LogP contribution in [0.5, 0.6) is 0 Å². The van der Waals surface area contributed by atoms with E-state index in [0.29, 0.717) is 24.7 Å². The van der Waals surface area contributed by atoms with Gasteiger partial charge in [0.25, 0.3) is 0 Å². The highest BCUT2D eigenvalue weighted by atomic mass is 35.5. The summed E-state index contributed by atoms with van der Waals surface area (Å²) in [5.41, 5.74) is 6.86. The van der Waals surface area contributed by atoms with E-state index >= 15 is 0 Å². The van der Waals surface area contributed by atoms with E-state index in [0.717, 1.165) is 16.7 Å². The number of amides is 1. The first-order valence-electron chi connectivity index (χ1n) is 9.57. The summed E-state index contributed by atoms with van der Waals surface area (Å²) in [6, 6.07) is 24.2. The van der Waals surface area contributed by atoms with E-state index in [2.05, 4.69) is 24.4 Å². The van der Waals surface area contributed by atoms with Gasteiger partial charge in [-0.05, 0) is 36.1 Å². The molecule has 168 valence electrons. The Morgan fingerprint density at radius 2 is 1.00 bits per heavy atom. The third-order valence-corrected chi connectivity index (χ3v) is 5.04. The molecule has 2 unspecified atom stereocenters. The average Bonchev–Trinajstić information content (AvgIpc) is 2.75. The molecule has 31 heavy (non-hydrogen) atoms. The largest absolute Gasteiger partial charge is 0.352 e. The fourth-order valence-electron chi connectivity index (χ4n) is 2.58. The normalized spacial score (nSPS) is 9.42. The Kier molecular flexibility index (Phi) is 15.5. The summed E-state index contributed by atoms with van der Waals surface area (Å²) in [6.07, 6.45) is 0.397. The summed E-state index contributed by atoms with van der Waals surface area (Å²) in [4.78, 5) is 11.9. The number of halogens is 2. The van der Waals surface area contributed by atoms with Crippen molar-refractivity contribution in [1.82, 2.24) is 5.32 Å². The molecule has 0 bridgehead atoms. The minimum atomic E-state index is 0. The number of carbonyl (C=O) groups excluding carboxylic acids is 1. The molecule has 0 saturated heterocycles. The first-order valence-corrected chi connectivity index (χ1v) is 10.6. The molecule has 1 amide bonds. The number of benzene rings is 3. The Morgan fingerprint density at radius 1 is 0.645 bits per heavy atom. The molecule has 3 aromatic carbocycles. The highest BCUT2D eigenvalue weighted by molar-refractivity contribution is 6.92. The van der Waals surface area contributed by atoms with Crippen LogP contribution in [0.25, 0.3) is 0 Å². The molecule has 0 spiro atoms. The van der Waals surface area contributed by atoms with Crippen LogP contribution in [0.4, 0.5) is 0 Å². The van der Waals surface area contributed by atoms with Gasteiger partial charge in [-0.1, -0.05) is 83.9 Å². The molecular weight excluding hydrogens is 463 g/mol. The lowest BCUT2D eigenvalue weighted by Gasteiger charge is -2.06. The van der Waals surface area contributed by atoms with Crippen LogP contribution in [-0.2, 0) is 29.5 Å². The number of carbonyl (C=O) groups is 1. The number of hydrogen-bond donors (Lipinski definition) is 1. The molecule has 2 nitrogen and oxygen atoms in total. The second-order valence-electron chi connectivity index (χ2n) is 7.01. The minimum absolute atomic E-state index is 0. The number of rotatable bonds is 6. The Bertz CT molecular complexity index is 883.